The van der Waals surface area contributed by atoms with Gasteiger partial charge in [-0.15, -0.1) is 0 Å². The average Bonchev–Trinajstić information content (AvgIpc) is 3.01. The molecule has 0 amide bonds. The summed E-state index contributed by atoms with van der Waals surface area (Å²) in [7, 11) is 0. The Morgan fingerprint density at radius 2 is 1.92 bits per heavy atom. The Balaban J connectivity index is 1.61. The molecule has 0 unspecified atom stereocenters. The van der Waals surface area contributed by atoms with Crippen molar-refractivity contribution < 1.29 is 4.74 Å². The first-order chi connectivity index (χ1) is 11.7. The summed E-state index contributed by atoms with van der Waals surface area (Å²) in [4.78, 5) is 19.3. The van der Waals surface area contributed by atoms with E-state index in [9.17, 15) is 0 Å². The molecule has 4 heterocycles. The van der Waals surface area contributed by atoms with E-state index in [1.165, 1.54) is 0 Å². The predicted octanol–water partition coefficient (Wildman–Crippen LogP) is 0.207. The van der Waals surface area contributed by atoms with Crippen molar-refractivity contribution in [1.29, 1.82) is 0 Å². The summed E-state index contributed by atoms with van der Waals surface area (Å²) >= 11 is 0. The Hall–Kier alpha value is -2.78. The number of hydrogen-bond acceptors (Lipinski definition) is 8. The third-order valence-corrected chi connectivity index (χ3v) is 4.02. The fourth-order valence-electron chi connectivity index (χ4n) is 2.77. The second kappa shape index (κ2) is 6.02. The van der Waals surface area contributed by atoms with Crippen LogP contribution in [-0.4, -0.2) is 55.7 Å². The molecule has 3 aromatic rings. The van der Waals surface area contributed by atoms with Gasteiger partial charge >= 0.3 is 0 Å². The number of aromatic nitrogens is 5. The van der Waals surface area contributed by atoms with Crippen LogP contribution in [0.25, 0.3) is 16.9 Å². The number of hydrogen-bond donors (Lipinski definition) is 2. The molecule has 9 nitrogen and oxygen atoms in total. The monoisotopic (exact) mass is 326 g/mol. The van der Waals surface area contributed by atoms with E-state index in [1.54, 1.807) is 17.1 Å². The van der Waals surface area contributed by atoms with Gasteiger partial charge in [0.05, 0.1) is 30.8 Å². The molecule has 0 aromatic carbocycles. The molecule has 1 saturated heterocycles. The molecule has 0 bridgehead atoms. The van der Waals surface area contributed by atoms with Crippen LogP contribution in [0.3, 0.4) is 0 Å². The Bertz CT molecular complexity index is 854. The van der Waals surface area contributed by atoms with E-state index in [2.05, 4.69) is 24.8 Å². The van der Waals surface area contributed by atoms with Crippen LogP contribution in [-0.2, 0) is 11.3 Å². The highest BCUT2D eigenvalue weighted by Crippen LogP contribution is 2.20. The zero-order valence-electron chi connectivity index (χ0n) is 13.1. The first kappa shape index (κ1) is 14.8. The Morgan fingerprint density at radius 1 is 1.08 bits per heavy atom. The molecule has 4 N–H and O–H groups in total. The second-order valence-electron chi connectivity index (χ2n) is 5.65. The van der Waals surface area contributed by atoms with Gasteiger partial charge in [-0.25, -0.2) is 4.98 Å². The summed E-state index contributed by atoms with van der Waals surface area (Å²) in [5, 5.41) is 0. The average molecular weight is 326 g/mol. The van der Waals surface area contributed by atoms with E-state index < -0.39 is 0 Å². The lowest BCUT2D eigenvalue weighted by atomic mass is 10.3. The maximum absolute atomic E-state index is 5.84. The van der Waals surface area contributed by atoms with Crippen molar-refractivity contribution in [3.63, 3.8) is 0 Å². The SMILES string of the molecule is Nc1nc(N)c2ncn(-c3ccc(CN4CCOCC4)nc3)c2n1. The van der Waals surface area contributed by atoms with Crippen LogP contribution in [0.1, 0.15) is 5.69 Å². The van der Waals surface area contributed by atoms with Gasteiger partial charge in [0.1, 0.15) is 6.33 Å². The number of ether oxygens (including phenoxy) is 1. The predicted molar refractivity (Wildman–Crippen MR) is 89.4 cm³/mol. The van der Waals surface area contributed by atoms with Crippen LogP contribution >= 0.6 is 0 Å². The molecule has 0 atom stereocenters. The van der Waals surface area contributed by atoms with E-state index in [-0.39, 0.29) is 11.8 Å². The number of pyridine rings is 1. The molecule has 3 aromatic heterocycles. The molecule has 24 heavy (non-hydrogen) atoms. The van der Waals surface area contributed by atoms with Crippen LogP contribution in [0.2, 0.25) is 0 Å². The van der Waals surface area contributed by atoms with Crippen molar-refractivity contribution in [3.8, 4) is 5.69 Å². The maximum atomic E-state index is 5.84. The number of morpholine rings is 1. The number of anilines is 2. The van der Waals surface area contributed by atoms with E-state index >= 15 is 0 Å². The van der Waals surface area contributed by atoms with Crippen LogP contribution in [0.15, 0.2) is 24.7 Å². The molecule has 4 rings (SSSR count). The van der Waals surface area contributed by atoms with Crippen molar-refractivity contribution in [1.82, 2.24) is 29.4 Å². The fourth-order valence-corrected chi connectivity index (χ4v) is 2.77. The number of rotatable bonds is 3. The Labute approximate surface area is 138 Å². The lowest BCUT2D eigenvalue weighted by Crippen LogP contribution is -2.35. The van der Waals surface area contributed by atoms with E-state index in [4.69, 9.17) is 16.2 Å². The highest BCUT2D eigenvalue weighted by atomic mass is 16.5. The van der Waals surface area contributed by atoms with E-state index in [0.29, 0.717) is 11.2 Å². The summed E-state index contributed by atoms with van der Waals surface area (Å²) in [6, 6.07) is 3.99. The highest BCUT2D eigenvalue weighted by Gasteiger charge is 2.13. The molecule has 9 heteroatoms. The van der Waals surface area contributed by atoms with Crippen molar-refractivity contribution in [3.05, 3.63) is 30.4 Å². The summed E-state index contributed by atoms with van der Waals surface area (Å²) < 4.78 is 7.16. The van der Waals surface area contributed by atoms with Gasteiger partial charge in [-0.3, -0.25) is 14.5 Å². The van der Waals surface area contributed by atoms with Crippen molar-refractivity contribution in [2.45, 2.75) is 6.54 Å². The van der Waals surface area contributed by atoms with Gasteiger partial charge in [-0.1, -0.05) is 0 Å². The summed E-state index contributed by atoms with van der Waals surface area (Å²) in [6.45, 7) is 4.25. The quantitative estimate of drug-likeness (QED) is 0.700. The molecule has 124 valence electrons. The number of fused-ring (bicyclic) bond motifs is 1. The van der Waals surface area contributed by atoms with Crippen LogP contribution in [0.5, 0.6) is 0 Å². The second-order valence-corrected chi connectivity index (χ2v) is 5.65. The van der Waals surface area contributed by atoms with Gasteiger partial charge in [0.2, 0.25) is 5.95 Å². The fraction of sp³-hybridized carbons (Fsp3) is 0.333. The lowest BCUT2D eigenvalue weighted by molar-refractivity contribution is 0.0336. The number of nitrogen functional groups attached to an aromatic ring is 2. The number of imidazole rings is 1. The van der Waals surface area contributed by atoms with E-state index in [0.717, 1.165) is 44.2 Å². The molecule has 1 fully saturated rings. The van der Waals surface area contributed by atoms with E-state index in [1.807, 2.05) is 12.1 Å². The number of nitrogens with zero attached hydrogens (tertiary/aromatic N) is 6. The summed E-state index contributed by atoms with van der Waals surface area (Å²) in [6.07, 6.45) is 3.44. The van der Waals surface area contributed by atoms with Gasteiger partial charge in [0.25, 0.3) is 0 Å². The van der Waals surface area contributed by atoms with Gasteiger partial charge < -0.3 is 16.2 Å². The normalized spacial score (nSPS) is 15.8. The third kappa shape index (κ3) is 2.74. The summed E-state index contributed by atoms with van der Waals surface area (Å²) in [5.74, 6) is 0.395. The molecule has 0 saturated carbocycles. The smallest absolute Gasteiger partial charge is 0.224 e. The van der Waals surface area contributed by atoms with Crippen molar-refractivity contribution in [2.75, 3.05) is 37.8 Å². The molecular formula is C15H18N8O. The highest BCUT2D eigenvalue weighted by molar-refractivity contribution is 5.83. The van der Waals surface area contributed by atoms with Gasteiger partial charge in [0.15, 0.2) is 17.0 Å². The Morgan fingerprint density at radius 3 is 2.67 bits per heavy atom. The lowest BCUT2D eigenvalue weighted by Gasteiger charge is -2.26. The number of nitrogens with two attached hydrogens (primary N) is 2. The van der Waals surface area contributed by atoms with Gasteiger partial charge in [-0.2, -0.15) is 9.97 Å². The zero-order valence-corrected chi connectivity index (χ0v) is 13.1. The molecule has 0 spiro atoms. The van der Waals surface area contributed by atoms with Crippen molar-refractivity contribution in [2.24, 2.45) is 0 Å². The van der Waals surface area contributed by atoms with Crippen LogP contribution in [0, 0.1) is 0 Å². The molecule has 0 radical (unpaired) electrons. The van der Waals surface area contributed by atoms with Gasteiger partial charge in [0, 0.05) is 19.6 Å². The van der Waals surface area contributed by atoms with Gasteiger partial charge in [-0.05, 0) is 12.1 Å². The van der Waals surface area contributed by atoms with Crippen LogP contribution < -0.4 is 11.5 Å². The topological polar surface area (TPSA) is 121 Å². The minimum absolute atomic E-state index is 0.124. The molecule has 1 aliphatic heterocycles. The first-order valence-electron chi connectivity index (χ1n) is 7.72. The molecular weight excluding hydrogens is 308 g/mol. The van der Waals surface area contributed by atoms with Crippen LogP contribution in [0.4, 0.5) is 11.8 Å². The molecule has 1 aliphatic rings. The first-order valence-corrected chi connectivity index (χ1v) is 7.72. The standard InChI is InChI=1S/C15H18N8O/c16-13-12-14(21-15(17)20-13)23(9-19-12)11-2-1-10(18-7-11)8-22-3-5-24-6-4-22/h1-2,7,9H,3-6,8H2,(H4,16,17,20,21). The summed E-state index contributed by atoms with van der Waals surface area (Å²) in [5.41, 5.74) is 14.5. The van der Waals surface area contributed by atoms with Crippen molar-refractivity contribution >= 4 is 22.9 Å². The minimum Gasteiger partial charge on any atom is -0.382 e. The minimum atomic E-state index is 0.124. The largest absolute Gasteiger partial charge is 0.382 e. The zero-order chi connectivity index (χ0) is 16.5. The maximum Gasteiger partial charge on any atom is 0.224 e. The third-order valence-electron chi connectivity index (χ3n) is 4.02. The Kier molecular flexibility index (Phi) is 3.71. The molecule has 0 aliphatic carbocycles.